The van der Waals surface area contributed by atoms with Gasteiger partial charge < -0.3 is 27.0 Å². The van der Waals surface area contributed by atoms with E-state index in [1.54, 1.807) is 0 Å². The van der Waals surface area contributed by atoms with Gasteiger partial charge in [-0.15, -0.1) is 0 Å². The Morgan fingerprint density at radius 3 is 0.750 bits per heavy atom. The summed E-state index contributed by atoms with van der Waals surface area (Å²) in [5.74, 6) is 0. The van der Waals surface area contributed by atoms with Crippen LogP contribution in [0.25, 0.3) is 0 Å². The van der Waals surface area contributed by atoms with Gasteiger partial charge in [0.25, 0.3) is 0 Å². The van der Waals surface area contributed by atoms with Crippen LogP contribution in [0, 0.1) is 0 Å². The summed E-state index contributed by atoms with van der Waals surface area (Å²) < 4.78 is 0. The first-order valence-corrected chi connectivity index (χ1v) is 0. The summed E-state index contributed by atoms with van der Waals surface area (Å²) in [6.07, 6.45) is 0. The van der Waals surface area contributed by atoms with E-state index in [2.05, 4.69) is 0 Å². The van der Waals surface area contributed by atoms with Gasteiger partial charge in [0, 0.05) is 0 Å². The van der Waals surface area contributed by atoms with E-state index in [1.165, 1.54) is 0 Å². The van der Waals surface area contributed by atoms with Crippen molar-refractivity contribution >= 4 is 64.7 Å². The maximum Gasteiger partial charge on any atom is 2.00 e. The fourth-order valence-electron chi connectivity index (χ4n) is 0. The van der Waals surface area contributed by atoms with Crippen LogP contribution in [0.2, 0.25) is 0 Å². The average molecular weight is 168 g/mol. The van der Waals surface area contributed by atoms with E-state index < -0.39 is 0 Å². The summed E-state index contributed by atoms with van der Waals surface area (Å²) in [5.41, 5.74) is 0. The zero-order valence-corrected chi connectivity index (χ0v) is 6.61. The molecule has 0 heterocycles. The van der Waals surface area contributed by atoms with Crippen LogP contribution in [-0.4, -0.2) is 37.7 Å². The molecule has 0 aromatic carbocycles. The zero-order valence-electron chi connectivity index (χ0n) is 1.83. The fourth-order valence-corrected chi connectivity index (χ4v) is 0. The van der Waals surface area contributed by atoms with Crippen molar-refractivity contribution in [3.63, 3.8) is 0 Å². The normalized spacial score (nSPS) is 0. The minimum Gasteiger partial charge on any atom is -2.00 e. The van der Waals surface area contributed by atoms with Crippen LogP contribution in [-0.2, 0) is 44.1 Å². The van der Waals surface area contributed by atoms with Crippen molar-refractivity contribution in [2.45, 2.75) is 0 Å². The van der Waals surface area contributed by atoms with E-state index in [-0.39, 0.29) is 81.8 Å². The van der Waals surface area contributed by atoms with Gasteiger partial charge in [-0.05, 0) is 0 Å². The van der Waals surface area contributed by atoms with Crippen molar-refractivity contribution in [3.8, 4) is 0 Å². The van der Waals surface area contributed by atoms with Gasteiger partial charge in [-0.25, -0.2) is 0 Å². The molecule has 0 nitrogen and oxygen atoms in total. The molecule has 0 aliphatic carbocycles. The number of rotatable bonds is 0. The molecule has 0 N–H and O–H groups in total. The number of hydrogen-bond donors (Lipinski definition) is 0. The van der Waals surface area contributed by atoms with Crippen LogP contribution >= 0.6 is 0 Å². The van der Waals surface area contributed by atoms with Gasteiger partial charge in [0.2, 0.25) is 0 Å². The Morgan fingerprint density at radius 1 is 0.750 bits per heavy atom. The predicted molar refractivity (Wildman–Crippen MR) is 20.5 cm³/mol. The second-order valence-electron chi connectivity index (χ2n) is 0. The average Bonchev–Trinajstić information content (AvgIpc) is 0. The van der Waals surface area contributed by atoms with Crippen LogP contribution < -0.4 is 0 Å². The molecule has 0 aliphatic rings. The molecule has 0 aromatic rings. The van der Waals surface area contributed by atoms with E-state index in [0.717, 1.165) is 0 Å². The largest absolute Gasteiger partial charge is 2.00 e. The first-order valence-electron chi connectivity index (χ1n) is 0. The quantitative estimate of drug-likeness (QED) is 0.432. The first kappa shape index (κ1) is 31.6. The van der Waals surface area contributed by atoms with Crippen LogP contribution in [0.5, 0.6) is 0 Å². The summed E-state index contributed by atoms with van der Waals surface area (Å²) >= 11 is 0. The van der Waals surface area contributed by atoms with Gasteiger partial charge in [-0.2, -0.15) is 0 Å². The van der Waals surface area contributed by atoms with Crippen LogP contribution in [0.1, 0.15) is 0 Å². The Hall–Kier alpha value is 2.48. The summed E-state index contributed by atoms with van der Waals surface area (Å²) in [4.78, 5) is 0. The first-order chi connectivity index (χ1) is 0. The second kappa shape index (κ2) is 17.9. The third-order valence-corrected chi connectivity index (χ3v) is 0. The molecule has 0 fully saturated rings. The van der Waals surface area contributed by atoms with E-state index in [1.807, 2.05) is 0 Å². The maximum absolute atomic E-state index is 0. The molecule has 25 valence electrons. The van der Waals surface area contributed by atoms with Crippen molar-refractivity contribution in [1.29, 1.82) is 0 Å². The SMILES string of the molecule is [Ca+2].[Cu+2].[S-2].[S-2]. The molecule has 0 amide bonds. The maximum atomic E-state index is 0. The van der Waals surface area contributed by atoms with Crippen LogP contribution in [0.3, 0.4) is 0 Å². The summed E-state index contributed by atoms with van der Waals surface area (Å²) in [5, 5.41) is 0. The van der Waals surface area contributed by atoms with E-state index >= 15 is 0 Å². The van der Waals surface area contributed by atoms with Gasteiger partial charge in [0.05, 0.1) is 0 Å². The Labute approximate surface area is 80.5 Å². The molecule has 0 rings (SSSR count). The summed E-state index contributed by atoms with van der Waals surface area (Å²) in [6, 6.07) is 0. The van der Waals surface area contributed by atoms with Crippen molar-refractivity contribution in [1.82, 2.24) is 0 Å². The van der Waals surface area contributed by atoms with Gasteiger partial charge in [-0.3, -0.25) is 0 Å². The molecular weight excluding hydrogens is 168 g/mol. The van der Waals surface area contributed by atoms with Crippen molar-refractivity contribution in [2.24, 2.45) is 0 Å². The van der Waals surface area contributed by atoms with Crippen LogP contribution in [0.4, 0.5) is 0 Å². The third kappa shape index (κ3) is 8.82. The topological polar surface area (TPSA) is 0 Å². The molecule has 0 atom stereocenters. The Balaban J connectivity index is 0. The molecule has 0 unspecified atom stereocenters. The second-order valence-corrected chi connectivity index (χ2v) is 0. The molecule has 4 heteroatoms. The van der Waals surface area contributed by atoms with Crippen LogP contribution in [0.15, 0.2) is 0 Å². The molecule has 0 saturated heterocycles. The van der Waals surface area contributed by atoms with Gasteiger partial charge in [-0.1, -0.05) is 0 Å². The minimum atomic E-state index is 0. The van der Waals surface area contributed by atoms with Gasteiger partial charge in [0.1, 0.15) is 0 Å². The van der Waals surface area contributed by atoms with Crippen molar-refractivity contribution in [3.05, 3.63) is 0 Å². The Morgan fingerprint density at radius 2 is 0.750 bits per heavy atom. The molecule has 0 spiro atoms. The van der Waals surface area contributed by atoms with Crippen molar-refractivity contribution < 1.29 is 17.1 Å². The molecular formula is CaCuS2. The Kier molecular flexibility index (Phi) is 142. The van der Waals surface area contributed by atoms with E-state index in [4.69, 9.17) is 0 Å². The van der Waals surface area contributed by atoms with Crippen molar-refractivity contribution in [2.75, 3.05) is 0 Å². The van der Waals surface area contributed by atoms with Gasteiger partial charge in [0.15, 0.2) is 0 Å². The minimum absolute atomic E-state index is 0. The third-order valence-electron chi connectivity index (χ3n) is 0. The predicted octanol–water partition coefficient (Wildman–Crippen LogP) is -0.388. The molecule has 4 heavy (non-hydrogen) atoms. The van der Waals surface area contributed by atoms with E-state index in [0.29, 0.717) is 0 Å². The monoisotopic (exact) mass is 167 g/mol. The molecule has 0 aromatic heterocycles. The van der Waals surface area contributed by atoms with Gasteiger partial charge >= 0.3 is 54.8 Å². The van der Waals surface area contributed by atoms with E-state index in [9.17, 15) is 0 Å². The molecule has 1 radical (unpaired) electrons. The summed E-state index contributed by atoms with van der Waals surface area (Å²) in [7, 11) is 0. The zero-order chi connectivity index (χ0) is 0. The standard InChI is InChI=1S/Ca.Cu.2S/q2*+2;2*-2. The fraction of sp³-hybridized carbons (Fsp3) is 0. The summed E-state index contributed by atoms with van der Waals surface area (Å²) in [6.45, 7) is 0. The number of hydrogen-bond acceptors (Lipinski definition) is 0. The molecule has 0 aliphatic heterocycles. The molecule has 0 bridgehead atoms. The smallest absolute Gasteiger partial charge is 2.00 e. The molecule has 0 saturated carbocycles. The Bertz CT molecular complexity index is 6.00.